The van der Waals surface area contributed by atoms with Crippen LogP contribution < -0.4 is 4.74 Å². The van der Waals surface area contributed by atoms with E-state index in [2.05, 4.69) is 28.2 Å². The van der Waals surface area contributed by atoms with Gasteiger partial charge < -0.3 is 4.74 Å². The number of ether oxygens (including phenoxy) is 1. The topological polar surface area (TPSA) is 67.9 Å². The Morgan fingerprint density at radius 2 is 1.85 bits per heavy atom. The molecule has 140 valence electrons. The number of hydrogen-bond acceptors (Lipinski definition) is 5. The standard InChI is InChI=1S/C21H23N3O2S/c1-12-10-13(2)19(15(4)25)14(3)18(12)11-27-21-22-20(23-24-21)16-6-8-17(26-5)9-7-16/h6-10H,11H2,1-5H3,(H,22,23,24). The molecule has 0 aliphatic rings. The van der Waals surface area contributed by atoms with Gasteiger partial charge in [-0.25, -0.2) is 4.98 Å². The van der Waals surface area contributed by atoms with Gasteiger partial charge in [0.15, 0.2) is 11.6 Å². The lowest BCUT2D eigenvalue weighted by Crippen LogP contribution is -2.05. The fourth-order valence-corrected chi connectivity index (χ4v) is 4.30. The molecule has 1 heterocycles. The minimum atomic E-state index is 0.107. The van der Waals surface area contributed by atoms with Crippen LogP contribution in [0.25, 0.3) is 11.4 Å². The maximum absolute atomic E-state index is 12.0. The summed E-state index contributed by atoms with van der Waals surface area (Å²) in [7, 11) is 1.64. The van der Waals surface area contributed by atoms with Crippen molar-refractivity contribution in [3.8, 4) is 17.1 Å². The highest BCUT2D eigenvalue weighted by atomic mass is 32.2. The van der Waals surface area contributed by atoms with E-state index in [1.54, 1.807) is 25.8 Å². The molecule has 1 aromatic heterocycles. The maximum atomic E-state index is 12.0. The lowest BCUT2D eigenvalue weighted by Gasteiger charge is -2.15. The number of nitrogens with zero attached hydrogens (tertiary/aromatic N) is 2. The second-order valence-corrected chi connectivity index (χ2v) is 7.47. The summed E-state index contributed by atoms with van der Waals surface area (Å²) in [5.41, 5.74) is 6.23. The molecule has 0 unspecified atom stereocenters. The van der Waals surface area contributed by atoms with E-state index in [0.717, 1.165) is 39.6 Å². The Balaban J connectivity index is 1.79. The second kappa shape index (κ2) is 7.96. The third-order valence-corrected chi connectivity index (χ3v) is 5.53. The van der Waals surface area contributed by atoms with Gasteiger partial charge in [0, 0.05) is 16.9 Å². The highest BCUT2D eigenvalue weighted by molar-refractivity contribution is 7.98. The molecule has 1 N–H and O–H groups in total. The van der Waals surface area contributed by atoms with Crippen LogP contribution in [0.3, 0.4) is 0 Å². The first-order valence-corrected chi connectivity index (χ1v) is 9.69. The first-order valence-electron chi connectivity index (χ1n) is 8.71. The van der Waals surface area contributed by atoms with Crippen LogP contribution in [-0.2, 0) is 5.75 Å². The van der Waals surface area contributed by atoms with Crippen LogP contribution in [0.4, 0.5) is 0 Å². The average molecular weight is 382 g/mol. The van der Waals surface area contributed by atoms with Crippen LogP contribution in [0.5, 0.6) is 5.75 Å². The molecule has 5 nitrogen and oxygen atoms in total. The Bertz CT molecular complexity index is 978. The Labute approximate surface area is 163 Å². The summed E-state index contributed by atoms with van der Waals surface area (Å²) in [5.74, 6) is 2.36. The SMILES string of the molecule is COc1ccc(-c2nc(SCc3c(C)cc(C)c(C(C)=O)c3C)n[nH]2)cc1. The number of thioether (sulfide) groups is 1. The van der Waals surface area contributed by atoms with Gasteiger partial charge in [-0.3, -0.25) is 9.89 Å². The van der Waals surface area contributed by atoms with E-state index in [1.807, 2.05) is 38.1 Å². The monoisotopic (exact) mass is 381 g/mol. The fourth-order valence-electron chi connectivity index (χ4n) is 3.32. The lowest BCUT2D eigenvalue weighted by molar-refractivity contribution is 0.101. The molecule has 0 spiro atoms. The Hall–Kier alpha value is -2.60. The van der Waals surface area contributed by atoms with Crippen molar-refractivity contribution in [3.05, 3.63) is 58.1 Å². The molecule has 2 aromatic carbocycles. The number of Topliss-reactive ketones (excluding diaryl/α,β-unsaturated/α-hetero) is 1. The van der Waals surface area contributed by atoms with Crippen LogP contribution >= 0.6 is 11.8 Å². The number of carbonyl (C=O) groups excluding carboxylic acids is 1. The molecule has 0 aliphatic carbocycles. The predicted octanol–water partition coefficient (Wildman–Crippen LogP) is 4.90. The van der Waals surface area contributed by atoms with Crippen LogP contribution in [-0.4, -0.2) is 28.1 Å². The summed E-state index contributed by atoms with van der Waals surface area (Å²) >= 11 is 1.56. The number of H-pyrrole nitrogens is 1. The van der Waals surface area contributed by atoms with E-state index in [9.17, 15) is 4.79 Å². The summed E-state index contributed by atoms with van der Waals surface area (Å²) in [6.45, 7) is 7.72. The Morgan fingerprint density at radius 1 is 1.15 bits per heavy atom. The van der Waals surface area contributed by atoms with Gasteiger partial charge in [0.25, 0.3) is 0 Å². The van der Waals surface area contributed by atoms with Crippen molar-refractivity contribution >= 4 is 17.5 Å². The number of aryl methyl sites for hydroxylation is 2. The minimum absolute atomic E-state index is 0.107. The number of nitrogens with one attached hydrogen (secondary N) is 1. The highest BCUT2D eigenvalue weighted by Crippen LogP contribution is 2.29. The average Bonchev–Trinajstić information content (AvgIpc) is 3.10. The highest BCUT2D eigenvalue weighted by Gasteiger charge is 2.15. The number of rotatable bonds is 6. The molecule has 0 bridgehead atoms. The summed E-state index contributed by atoms with van der Waals surface area (Å²) in [4.78, 5) is 16.6. The van der Waals surface area contributed by atoms with Crippen molar-refractivity contribution in [1.82, 2.24) is 15.2 Å². The fraction of sp³-hybridized carbons (Fsp3) is 0.286. The number of methoxy groups -OCH3 is 1. The molecule has 3 rings (SSSR count). The molecule has 3 aromatic rings. The molecule has 0 saturated heterocycles. The molecule has 0 aliphatic heterocycles. The number of carbonyl (C=O) groups is 1. The normalized spacial score (nSPS) is 10.9. The van der Waals surface area contributed by atoms with Crippen molar-refractivity contribution in [3.63, 3.8) is 0 Å². The quantitative estimate of drug-likeness (QED) is 0.486. The summed E-state index contributed by atoms with van der Waals surface area (Å²) in [6, 6.07) is 9.77. The predicted molar refractivity (Wildman–Crippen MR) is 109 cm³/mol. The van der Waals surface area contributed by atoms with E-state index < -0.39 is 0 Å². The van der Waals surface area contributed by atoms with Crippen LogP contribution in [0.2, 0.25) is 0 Å². The Morgan fingerprint density at radius 3 is 2.48 bits per heavy atom. The number of aromatic amines is 1. The van der Waals surface area contributed by atoms with Crippen LogP contribution in [0.1, 0.15) is 39.5 Å². The van der Waals surface area contributed by atoms with Gasteiger partial charge in [0.2, 0.25) is 5.16 Å². The lowest BCUT2D eigenvalue weighted by atomic mass is 9.92. The summed E-state index contributed by atoms with van der Waals surface area (Å²) in [5, 5.41) is 7.98. The number of benzene rings is 2. The zero-order valence-corrected chi connectivity index (χ0v) is 17.0. The molecule has 0 amide bonds. The largest absolute Gasteiger partial charge is 0.497 e. The molecular formula is C21H23N3O2S. The molecular weight excluding hydrogens is 358 g/mol. The summed E-state index contributed by atoms with van der Waals surface area (Å²) < 4.78 is 5.18. The zero-order chi connectivity index (χ0) is 19.6. The third-order valence-electron chi connectivity index (χ3n) is 4.66. The molecule has 27 heavy (non-hydrogen) atoms. The van der Waals surface area contributed by atoms with E-state index in [-0.39, 0.29) is 5.78 Å². The van der Waals surface area contributed by atoms with E-state index in [1.165, 1.54) is 11.1 Å². The van der Waals surface area contributed by atoms with Crippen molar-refractivity contribution in [1.29, 1.82) is 0 Å². The van der Waals surface area contributed by atoms with Crippen molar-refractivity contribution in [2.45, 2.75) is 38.6 Å². The zero-order valence-electron chi connectivity index (χ0n) is 16.2. The van der Waals surface area contributed by atoms with E-state index in [0.29, 0.717) is 5.16 Å². The maximum Gasteiger partial charge on any atom is 0.209 e. The van der Waals surface area contributed by atoms with Gasteiger partial charge in [0.1, 0.15) is 5.75 Å². The van der Waals surface area contributed by atoms with Crippen molar-refractivity contribution < 1.29 is 9.53 Å². The van der Waals surface area contributed by atoms with E-state index >= 15 is 0 Å². The van der Waals surface area contributed by atoms with Gasteiger partial charge in [0.05, 0.1) is 7.11 Å². The van der Waals surface area contributed by atoms with Gasteiger partial charge in [-0.1, -0.05) is 17.8 Å². The van der Waals surface area contributed by atoms with Crippen molar-refractivity contribution in [2.24, 2.45) is 0 Å². The van der Waals surface area contributed by atoms with Gasteiger partial charge >= 0.3 is 0 Å². The van der Waals surface area contributed by atoms with Crippen LogP contribution in [0, 0.1) is 20.8 Å². The van der Waals surface area contributed by atoms with Gasteiger partial charge in [-0.15, -0.1) is 5.10 Å². The molecule has 0 radical (unpaired) electrons. The minimum Gasteiger partial charge on any atom is -0.497 e. The van der Waals surface area contributed by atoms with Gasteiger partial charge in [-0.05, 0) is 74.2 Å². The van der Waals surface area contributed by atoms with Crippen LogP contribution in [0.15, 0.2) is 35.5 Å². The molecule has 6 heteroatoms. The van der Waals surface area contributed by atoms with Gasteiger partial charge in [-0.2, -0.15) is 0 Å². The Kier molecular flexibility index (Phi) is 5.65. The number of hydrogen-bond donors (Lipinski definition) is 1. The first kappa shape index (κ1) is 19.2. The second-order valence-electron chi connectivity index (χ2n) is 6.53. The van der Waals surface area contributed by atoms with E-state index in [4.69, 9.17) is 4.74 Å². The van der Waals surface area contributed by atoms with Crippen molar-refractivity contribution in [2.75, 3.05) is 7.11 Å². The number of aromatic nitrogens is 3. The molecule has 0 fully saturated rings. The smallest absolute Gasteiger partial charge is 0.209 e. The molecule has 0 saturated carbocycles. The molecule has 0 atom stereocenters. The number of ketones is 1. The first-order chi connectivity index (χ1) is 12.9. The summed E-state index contributed by atoms with van der Waals surface area (Å²) in [6.07, 6.45) is 0. The third kappa shape index (κ3) is 4.06.